The number of rotatable bonds is 4. The van der Waals surface area contributed by atoms with Crippen molar-refractivity contribution in [3.63, 3.8) is 0 Å². The number of benzene rings is 1. The predicted molar refractivity (Wildman–Crippen MR) is 67.9 cm³/mol. The lowest BCUT2D eigenvalue weighted by atomic mass is 10.1. The van der Waals surface area contributed by atoms with Crippen molar-refractivity contribution in [1.82, 2.24) is 0 Å². The minimum atomic E-state index is 0.374. The number of fused-ring (bicyclic) bond motifs is 1. The Kier molecular flexibility index (Phi) is 4.23. The Hall–Kier alpha value is -1.02. The third kappa shape index (κ3) is 2.99. The third-order valence-corrected chi connectivity index (χ3v) is 3.12. The Morgan fingerprint density at radius 2 is 2.25 bits per heavy atom. The summed E-state index contributed by atoms with van der Waals surface area (Å²) in [5, 5.41) is 3.48. The summed E-state index contributed by atoms with van der Waals surface area (Å²) >= 11 is 0. The number of unbranched alkanes of at least 4 members (excludes halogenated alkanes) is 1. The molecule has 1 aromatic carbocycles. The number of hydrogen-bond donors (Lipinski definition) is 1. The van der Waals surface area contributed by atoms with Crippen LogP contribution in [-0.2, 0) is 11.2 Å². The van der Waals surface area contributed by atoms with E-state index in [1.165, 1.54) is 24.1 Å². The van der Waals surface area contributed by atoms with Gasteiger partial charge in [0.15, 0.2) is 0 Å². The van der Waals surface area contributed by atoms with Gasteiger partial charge in [-0.1, -0.05) is 31.5 Å². The van der Waals surface area contributed by atoms with Gasteiger partial charge in [-0.25, -0.2) is 0 Å². The van der Waals surface area contributed by atoms with Crippen LogP contribution in [0.15, 0.2) is 24.3 Å². The highest BCUT2D eigenvalue weighted by Crippen LogP contribution is 2.21. The molecule has 0 bridgehead atoms. The van der Waals surface area contributed by atoms with Gasteiger partial charge in [-0.05, 0) is 30.9 Å². The lowest BCUT2D eigenvalue weighted by Gasteiger charge is -2.15. The van der Waals surface area contributed by atoms with Crippen molar-refractivity contribution in [2.24, 2.45) is 0 Å². The van der Waals surface area contributed by atoms with Crippen molar-refractivity contribution in [3.8, 4) is 0 Å². The zero-order chi connectivity index (χ0) is 11.2. The molecule has 2 nitrogen and oxygen atoms in total. The Morgan fingerprint density at radius 3 is 3.12 bits per heavy atom. The lowest BCUT2D eigenvalue weighted by molar-refractivity contribution is 0.0555. The van der Waals surface area contributed by atoms with Crippen LogP contribution >= 0.6 is 0 Å². The fraction of sp³-hybridized carbons (Fsp3) is 0.571. The van der Waals surface area contributed by atoms with Crippen LogP contribution in [-0.4, -0.2) is 19.3 Å². The van der Waals surface area contributed by atoms with Crippen molar-refractivity contribution in [2.75, 3.05) is 18.5 Å². The summed E-state index contributed by atoms with van der Waals surface area (Å²) in [6.45, 7) is 4.05. The molecule has 0 saturated heterocycles. The highest BCUT2D eigenvalue weighted by atomic mass is 16.5. The van der Waals surface area contributed by atoms with E-state index in [0.29, 0.717) is 6.10 Å². The molecule has 0 saturated carbocycles. The number of aryl methyl sites for hydroxylation is 1. The summed E-state index contributed by atoms with van der Waals surface area (Å²) in [4.78, 5) is 0. The summed E-state index contributed by atoms with van der Waals surface area (Å²) in [6.07, 6.45) is 5.01. The van der Waals surface area contributed by atoms with E-state index in [1.807, 2.05) is 0 Å². The average molecular weight is 219 g/mol. The predicted octanol–water partition coefficient (Wildman–Crippen LogP) is 3.23. The first-order valence-corrected chi connectivity index (χ1v) is 6.33. The molecular formula is C14H21NO. The highest BCUT2D eigenvalue weighted by molar-refractivity contribution is 5.51. The second-order valence-electron chi connectivity index (χ2n) is 4.42. The Balaban J connectivity index is 1.87. The van der Waals surface area contributed by atoms with Crippen LogP contribution in [0.5, 0.6) is 0 Å². The Bertz CT molecular complexity index is 297. The number of para-hydroxylation sites is 1. The van der Waals surface area contributed by atoms with Gasteiger partial charge in [0, 0.05) is 18.8 Å². The quantitative estimate of drug-likeness (QED) is 0.785. The van der Waals surface area contributed by atoms with E-state index in [1.54, 1.807) is 0 Å². The minimum Gasteiger partial charge on any atom is -0.382 e. The van der Waals surface area contributed by atoms with Crippen LogP contribution in [0.1, 0.15) is 31.7 Å². The van der Waals surface area contributed by atoms with Crippen molar-refractivity contribution in [3.05, 3.63) is 29.8 Å². The molecule has 1 atom stereocenters. The molecule has 88 valence electrons. The minimum absolute atomic E-state index is 0.374. The van der Waals surface area contributed by atoms with Gasteiger partial charge >= 0.3 is 0 Å². The fourth-order valence-corrected chi connectivity index (χ4v) is 2.09. The van der Waals surface area contributed by atoms with Crippen molar-refractivity contribution in [1.29, 1.82) is 0 Å². The second-order valence-corrected chi connectivity index (χ2v) is 4.42. The highest BCUT2D eigenvalue weighted by Gasteiger charge is 2.15. The largest absolute Gasteiger partial charge is 0.382 e. The van der Waals surface area contributed by atoms with Crippen LogP contribution in [0.25, 0.3) is 0 Å². The lowest BCUT2D eigenvalue weighted by Crippen LogP contribution is -2.22. The van der Waals surface area contributed by atoms with E-state index in [9.17, 15) is 0 Å². The van der Waals surface area contributed by atoms with E-state index in [-0.39, 0.29) is 0 Å². The van der Waals surface area contributed by atoms with E-state index in [4.69, 9.17) is 4.74 Å². The summed E-state index contributed by atoms with van der Waals surface area (Å²) in [5.41, 5.74) is 2.70. The first-order chi connectivity index (χ1) is 7.90. The molecule has 0 aliphatic carbocycles. The monoisotopic (exact) mass is 219 g/mol. The molecule has 1 aliphatic rings. The molecule has 1 N–H and O–H groups in total. The molecule has 0 spiro atoms. The summed E-state index contributed by atoms with van der Waals surface area (Å²) < 4.78 is 5.87. The molecule has 1 heterocycles. The maximum absolute atomic E-state index is 5.87. The van der Waals surface area contributed by atoms with Crippen LogP contribution < -0.4 is 5.32 Å². The van der Waals surface area contributed by atoms with Crippen LogP contribution in [0.2, 0.25) is 0 Å². The summed E-state index contributed by atoms with van der Waals surface area (Å²) in [5.74, 6) is 0. The zero-order valence-electron chi connectivity index (χ0n) is 10.0. The first-order valence-electron chi connectivity index (χ1n) is 6.33. The number of nitrogens with one attached hydrogen (secondary N) is 1. The first kappa shape index (κ1) is 11.5. The SMILES string of the molecule is CCCCOC1CCc2ccccc2NC1. The molecular weight excluding hydrogens is 198 g/mol. The van der Waals surface area contributed by atoms with E-state index >= 15 is 0 Å². The molecule has 1 aromatic rings. The molecule has 2 heteroatoms. The van der Waals surface area contributed by atoms with Gasteiger partial charge in [-0.15, -0.1) is 0 Å². The zero-order valence-corrected chi connectivity index (χ0v) is 10.0. The molecule has 0 amide bonds. The number of anilines is 1. The second kappa shape index (κ2) is 5.90. The van der Waals surface area contributed by atoms with Crippen molar-refractivity contribution < 1.29 is 4.74 Å². The third-order valence-electron chi connectivity index (χ3n) is 3.12. The van der Waals surface area contributed by atoms with E-state index in [2.05, 4.69) is 36.5 Å². The van der Waals surface area contributed by atoms with Gasteiger partial charge in [0.2, 0.25) is 0 Å². The molecule has 16 heavy (non-hydrogen) atoms. The van der Waals surface area contributed by atoms with E-state index < -0.39 is 0 Å². The summed E-state index contributed by atoms with van der Waals surface area (Å²) in [7, 11) is 0. The van der Waals surface area contributed by atoms with Crippen LogP contribution in [0, 0.1) is 0 Å². The smallest absolute Gasteiger partial charge is 0.0750 e. The van der Waals surface area contributed by atoms with Crippen molar-refractivity contribution in [2.45, 2.75) is 38.7 Å². The summed E-state index contributed by atoms with van der Waals surface area (Å²) in [6, 6.07) is 8.56. The Morgan fingerprint density at radius 1 is 1.38 bits per heavy atom. The van der Waals surface area contributed by atoms with Gasteiger partial charge in [0.1, 0.15) is 0 Å². The number of ether oxygens (including phenoxy) is 1. The molecule has 0 fully saturated rings. The Labute approximate surface area is 98.0 Å². The normalized spacial score (nSPS) is 19.7. The van der Waals surface area contributed by atoms with Crippen LogP contribution in [0.3, 0.4) is 0 Å². The molecule has 2 rings (SSSR count). The van der Waals surface area contributed by atoms with Gasteiger partial charge in [-0.2, -0.15) is 0 Å². The molecule has 0 radical (unpaired) electrons. The van der Waals surface area contributed by atoms with Crippen molar-refractivity contribution >= 4 is 5.69 Å². The maximum Gasteiger partial charge on any atom is 0.0750 e. The number of hydrogen-bond acceptors (Lipinski definition) is 2. The maximum atomic E-state index is 5.87. The topological polar surface area (TPSA) is 21.3 Å². The average Bonchev–Trinajstić information content (AvgIpc) is 2.53. The fourth-order valence-electron chi connectivity index (χ4n) is 2.09. The van der Waals surface area contributed by atoms with Gasteiger partial charge in [0.25, 0.3) is 0 Å². The van der Waals surface area contributed by atoms with Crippen LogP contribution in [0.4, 0.5) is 5.69 Å². The molecule has 0 aromatic heterocycles. The van der Waals surface area contributed by atoms with Gasteiger partial charge < -0.3 is 10.1 Å². The van der Waals surface area contributed by atoms with E-state index in [0.717, 1.165) is 26.0 Å². The molecule has 1 aliphatic heterocycles. The van der Waals surface area contributed by atoms with Gasteiger partial charge in [0.05, 0.1) is 6.10 Å². The standard InChI is InChI=1S/C14H21NO/c1-2-3-10-16-13-9-8-12-6-4-5-7-14(12)15-11-13/h4-7,13,15H,2-3,8-11H2,1H3. The molecule has 1 unspecified atom stereocenters. The van der Waals surface area contributed by atoms with Gasteiger partial charge in [-0.3, -0.25) is 0 Å².